The van der Waals surface area contributed by atoms with Gasteiger partial charge in [0.15, 0.2) is 5.58 Å². The van der Waals surface area contributed by atoms with Crippen molar-refractivity contribution in [3.8, 4) is 0 Å². The second-order valence-electron chi connectivity index (χ2n) is 6.02. The molecule has 1 saturated heterocycles. The topological polar surface area (TPSA) is 32.5 Å². The fourth-order valence-corrected chi connectivity index (χ4v) is 3.30. The van der Waals surface area contributed by atoms with Gasteiger partial charge in [0.1, 0.15) is 5.69 Å². The van der Waals surface area contributed by atoms with E-state index in [0.717, 1.165) is 42.3 Å². The molecule has 0 unspecified atom stereocenters. The van der Waals surface area contributed by atoms with Crippen molar-refractivity contribution in [3.05, 3.63) is 30.0 Å². The summed E-state index contributed by atoms with van der Waals surface area (Å²) in [6.45, 7) is 5.63. The van der Waals surface area contributed by atoms with E-state index >= 15 is 0 Å². The van der Waals surface area contributed by atoms with Crippen molar-refractivity contribution in [2.45, 2.75) is 31.8 Å². The van der Waals surface area contributed by atoms with Gasteiger partial charge in [0.2, 0.25) is 0 Å². The van der Waals surface area contributed by atoms with Crippen molar-refractivity contribution in [2.24, 2.45) is 0 Å². The molecule has 1 aromatic carbocycles. The van der Waals surface area contributed by atoms with Gasteiger partial charge in [0, 0.05) is 44.2 Å². The van der Waals surface area contributed by atoms with Crippen molar-refractivity contribution in [1.82, 2.24) is 15.0 Å². The summed E-state index contributed by atoms with van der Waals surface area (Å²) < 4.78 is 5.39. The Kier molecular flexibility index (Phi) is 3.20. The minimum absolute atomic E-state index is 0.880. The molecule has 4 nitrogen and oxygen atoms in total. The van der Waals surface area contributed by atoms with Crippen LogP contribution in [-0.4, -0.2) is 47.2 Å². The Morgan fingerprint density at radius 2 is 1.90 bits per heavy atom. The molecule has 0 bridgehead atoms. The fourth-order valence-electron chi connectivity index (χ4n) is 3.30. The van der Waals surface area contributed by atoms with E-state index < -0.39 is 0 Å². The predicted molar refractivity (Wildman–Crippen MR) is 78.5 cm³/mol. The number of benzene rings is 1. The van der Waals surface area contributed by atoms with E-state index in [4.69, 9.17) is 4.52 Å². The standard InChI is InChI=1S/C16H21N3O/c1-2-7-16-14(6-1)15(17-20-16)12-18-8-10-19(11-9-18)13-4-3-5-13/h1-2,6-7,13H,3-5,8-12H2. The third-order valence-corrected chi connectivity index (χ3v) is 4.82. The average molecular weight is 271 g/mol. The molecule has 0 radical (unpaired) electrons. The maximum atomic E-state index is 5.39. The number of aromatic nitrogens is 1. The predicted octanol–water partition coefficient (Wildman–Crippen LogP) is 2.50. The Hall–Kier alpha value is -1.39. The number of hydrogen-bond acceptors (Lipinski definition) is 4. The molecule has 0 N–H and O–H groups in total. The van der Waals surface area contributed by atoms with Crippen LogP contribution in [0.3, 0.4) is 0 Å². The van der Waals surface area contributed by atoms with Crippen LogP contribution in [0.1, 0.15) is 25.0 Å². The van der Waals surface area contributed by atoms with E-state index in [1.54, 1.807) is 0 Å². The molecular formula is C16H21N3O. The number of para-hydroxylation sites is 1. The first-order valence-corrected chi connectivity index (χ1v) is 7.70. The van der Waals surface area contributed by atoms with E-state index in [1.807, 2.05) is 12.1 Å². The molecule has 1 aromatic heterocycles. The molecule has 106 valence electrons. The largest absolute Gasteiger partial charge is 0.356 e. The van der Waals surface area contributed by atoms with Crippen molar-refractivity contribution >= 4 is 11.0 Å². The van der Waals surface area contributed by atoms with Gasteiger partial charge in [-0.15, -0.1) is 0 Å². The SMILES string of the molecule is c1ccc2c(CN3CCN(C4CCC4)CC3)noc2c1. The van der Waals surface area contributed by atoms with Gasteiger partial charge in [-0.25, -0.2) is 0 Å². The summed E-state index contributed by atoms with van der Waals surface area (Å²) in [7, 11) is 0. The van der Waals surface area contributed by atoms with Crippen LogP contribution in [0.2, 0.25) is 0 Å². The molecule has 0 spiro atoms. The van der Waals surface area contributed by atoms with Crippen LogP contribution in [0.4, 0.5) is 0 Å². The number of piperazine rings is 1. The normalized spacial score (nSPS) is 22.2. The highest BCUT2D eigenvalue weighted by Crippen LogP contribution is 2.26. The molecule has 20 heavy (non-hydrogen) atoms. The van der Waals surface area contributed by atoms with Crippen LogP contribution in [0.15, 0.2) is 28.8 Å². The highest BCUT2D eigenvalue weighted by atomic mass is 16.5. The van der Waals surface area contributed by atoms with Crippen LogP contribution >= 0.6 is 0 Å². The molecule has 1 saturated carbocycles. The molecule has 0 atom stereocenters. The van der Waals surface area contributed by atoms with E-state index in [2.05, 4.69) is 27.1 Å². The van der Waals surface area contributed by atoms with E-state index in [0.29, 0.717) is 0 Å². The monoisotopic (exact) mass is 271 g/mol. The summed E-state index contributed by atoms with van der Waals surface area (Å²) >= 11 is 0. The molecule has 4 rings (SSSR count). The van der Waals surface area contributed by atoms with Crippen LogP contribution in [-0.2, 0) is 6.54 Å². The highest BCUT2D eigenvalue weighted by molar-refractivity contribution is 5.79. The third kappa shape index (κ3) is 2.23. The number of fused-ring (bicyclic) bond motifs is 1. The van der Waals surface area contributed by atoms with Crippen molar-refractivity contribution < 1.29 is 4.52 Å². The Labute approximate surface area is 119 Å². The smallest absolute Gasteiger partial charge is 0.167 e. The lowest BCUT2D eigenvalue weighted by molar-refractivity contribution is 0.0580. The Bertz CT molecular complexity index is 582. The second kappa shape index (κ2) is 5.19. The lowest BCUT2D eigenvalue weighted by Crippen LogP contribution is -2.51. The molecule has 0 amide bonds. The van der Waals surface area contributed by atoms with E-state index in [9.17, 15) is 0 Å². The zero-order valence-electron chi connectivity index (χ0n) is 11.8. The third-order valence-electron chi connectivity index (χ3n) is 4.82. The van der Waals surface area contributed by atoms with Gasteiger partial charge in [-0.3, -0.25) is 9.80 Å². The number of rotatable bonds is 3. The molecular weight excluding hydrogens is 250 g/mol. The lowest BCUT2D eigenvalue weighted by Gasteiger charge is -2.42. The van der Waals surface area contributed by atoms with Crippen molar-refractivity contribution in [1.29, 1.82) is 0 Å². The van der Waals surface area contributed by atoms with Gasteiger partial charge in [-0.2, -0.15) is 0 Å². The van der Waals surface area contributed by atoms with Gasteiger partial charge in [0.05, 0.1) is 0 Å². The number of nitrogens with zero attached hydrogens (tertiary/aromatic N) is 3. The second-order valence-corrected chi connectivity index (χ2v) is 6.02. The molecule has 2 fully saturated rings. The van der Waals surface area contributed by atoms with Gasteiger partial charge in [-0.1, -0.05) is 23.7 Å². The summed E-state index contributed by atoms with van der Waals surface area (Å²) in [4.78, 5) is 5.17. The Morgan fingerprint density at radius 1 is 1.10 bits per heavy atom. The van der Waals surface area contributed by atoms with Crippen LogP contribution in [0.25, 0.3) is 11.0 Å². The molecule has 4 heteroatoms. The van der Waals surface area contributed by atoms with Crippen molar-refractivity contribution in [2.75, 3.05) is 26.2 Å². The zero-order valence-corrected chi connectivity index (χ0v) is 11.8. The summed E-state index contributed by atoms with van der Waals surface area (Å²) in [6, 6.07) is 9.02. The van der Waals surface area contributed by atoms with E-state index in [-0.39, 0.29) is 0 Å². The minimum atomic E-state index is 0.880. The first-order valence-electron chi connectivity index (χ1n) is 7.70. The highest BCUT2D eigenvalue weighted by Gasteiger charge is 2.28. The van der Waals surface area contributed by atoms with Crippen molar-refractivity contribution in [3.63, 3.8) is 0 Å². The summed E-state index contributed by atoms with van der Waals surface area (Å²) in [5.74, 6) is 0. The fraction of sp³-hybridized carbons (Fsp3) is 0.562. The lowest BCUT2D eigenvalue weighted by atomic mass is 9.91. The molecule has 1 aliphatic carbocycles. The van der Waals surface area contributed by atoms with E-state index in [1.165, 1.54) is 32.4 Å². The van der Waals surface area contributed by atoms with Gasteiger partial charge >= 0.3 is 0 Å². The van der Waals surface area contributed by atoms with Gasteiger partial charge in [-0.05, 0) is 25.0 Å². The average Bonchev–Trinajstić information content (AvgIpc) is 2.83. The maximum absolute atomic E-state index is 5.39. The van der Waals surface area contributed by atoms with Crippen LogP contribution in [0.5, 0.6) is 0 Å². The zero-order chi connectivity index (χ0) is 13.4. The first kappa shape index (κ1) is 12.4. The number of hydrogen-bond donors (Lipinski definition) is 0. The molecule has 2 heterocycles. The Balaban J connectivity index is 1.40. The van der Waals surface area contributed by atoms with Crippen LogP contribution < -0.4 is 0 Å². The molecule has 2 aliphatic rings. The quantitative estimate of drug-likeness (QED) is 0.858. The van der Waals surface area contributed by atoms with Gasteiger partial charge in [0.25, 0.3) is 0 Å². The summed E-state index contributed by atoms with van der Waals surface area (Å²) in [5.41, 5.74) is 1.98. The summed E-state index contributed by atoms with van der Waals surface area (Å²) in [5, 5.41) is 5.40. The summed E-state index contributed by atoms with van der Waals surface area (Å²) in [6.07, 6.45) is 4.25. The first-order chi connectivity index (χ1) is 9.90. The molecule has 1 aliphatic heterocycles. The minimum Gasteiger partial charge on any atom is -0.356 e. The molecule has 2 aromatic rings. The Morgan fingerprint density at radius 3 is 2.65 bits per heavy atom. The van der Waals surface area contributed by atoms with Gasteiger partial charge < -0.3 is 4.52 Å². The van der Waals surface area contributed by atoms with Crippen LogP contribution in [0, 0.1) is 0 Å². The maximum Gasteiger partial charge on any atom is 0.167 e.